The zero-order chi connectivity index (χ0) is 20.1. The summed E-state index contributed by atoms with van der Waals surface area (Å²) in [6, 6.07) is 6.44. The Morgan fingerprint density at radius 2 is 2.04 bits per heavy atom. The highest BCUT2D eigenvalue weighted by Gasteiger charge is 2.32. The summed E-state index contributed by atoms with van der Waals surface area (Å²) >= 11 is 1.32. The van der Waals surface area contributed by atoms with E-state index in [4.69, 9.17) is 9.47 Å². The fourth-order valence-corrected chi connectivity index (χ4v) is 3.70. The number of hydrogen-bond donors (Lipinski definition) is 1. The minimum atomic E-state index is -0.514. The van der Waals surface area contributed by atoms with Crippen molar-refractivity contribution < 1.29 is 28.6 Å². The SMILES string of the molecule is CCOC(=O)c1c(C2CC2)csc1NC(=O)c1cccc(OCC(=O)OC)c1. The standard InChI is InChI=1S/C20H21NO6S/c1-3-26-20(24)17-15(12-7-8-12)11-28-19(17)21-18(23)13-5-4-6-14(9-13)27-10-16(22)25-2/h4-6,9,11-12H,3,7-8,10H2,1-2H3,(H,21,23). The summed E-state index contributed by atoms with van der Waals surface area (Å²) in [5.74, 6) is -0.584. The number of amides is 1. The second-order valence-corrected chi connectivity index (χ2v) is 7.12. The van der Waals surface area contributed by atoms with Crippen molar-refractivity contribution in [3.05, 3.63) is 46.3 Å². The third-order valence-corrected chi connectivity index (χ3v) is 5.14. The van der Waals surface area contributed by atoms with E-state index in [1.807, 2.05) is 5.38 Å². The summed E-state index contributed by atoms with van der Waals surface area (Å²) < 4.78 is 15.0. The lowest BCUT2D eigenvalue weighted by molar-refractivity contribution is -0.142. The number of carbonyl (C=O) groups is 3. The van der Waals surface area contributed by atoms with Crippen LogP contribution in [0.5, 0.6) is 5.75 Å². The van der Waals surface area contributed by atoms with Gasteiger partial charge in [0.05, 0.1) is 19.3 Å². The molecule has 1 N–H and O–H groups in total. The first-order valence-electron chi connectivity index (χ1n) is 8.93. The largest absolute Gasteiger partial charge is 0.482 e. The van der Waals surface area contributed by atoms with Crippen LogP contribution in [-0.4, -0.2) is 38.2 Å². The lowest BCUT2D eigenvalue weighted by Gasteiger charge is -2.09. The summed E-state index contributed by atoms with van der Waals surface area (Å²) in [6.45, 7) is 1.77. The fourth-order valence-electron chi connectivity index (χ4n) is 2.68. The van der Waals surface area contributed by atoms with Gasteiger partial charge in [-0.15, -0.1) is 11.3 Å². The molecule has 1 aliphatic carbocycles. The Morgan fingerprint density at radius 3 is 2.71 bits per heavy atom. The smallest absolute Gasteiger partial charge is 0.343 e. The molecular weight excluding hydrogens is 382 g/mol. The zero-order valence-electron chi connectivity index (χ0n) is 15.7. The molecule has 28 heavy (non-hydrogen) atoms. The quantitative estimate of drug-likeness (QED) is 0.677. The minimum absolute atomic E-state index is 0.246. The minimum Gasteiger partial charge on any atom is -0.482 e. The number of thiophene rings is 1. The summed E-state index contributed by atoms with van der Waals surface area (Å²) in [5.41, 5.74) is 1.73. The average molecular weight is 403 g/mol. The molecule has 2 aromatic rings. The molecule has 0 radical (unpaired) electrons. The Kier molecular flexibility index (Phi) is 6.30. The maximum Gasteiger partial charge on any atom is 0.343 e. The zero-order valence-corrected chi connectivity index (χ0v) is 16.5. The van der Waals surface area contributed by atoms with Crippen LogP contribution >= 0.6 is 11.3 Å². The molecule has 1 aromatic carbocycles. The summed E-state index contributed by atoms with van der Waals surface area (Å²) in [7, 11) is 1.27. The number of nitrogens with one attached hydrogen (secondary N) is 1. The van der Waals surface area contributed by atoms with Crippen LogP contribution in [0.3, 0.4) is 0 Å². The number of hydrogen-bond acceptors (Lipinski definition) is 7. The molecule has 0 spiro atoms. The Bertz CT molecular complexity index is 887. The maximum atomic E-state index is 12.7. The lowest BCUT2D eigenvalue weighted by atomic mass is 10.1. The lowest BCUT2D eigenvalue weighted by Crippen LogP contribution is -2.16. The third kappa shape index (κ3) is 4.69. The highest BCUT2D eigenvalue weighted by atomic mass is 32.1. The second-order valence-electron chi connectivity index (χ2n) is 6.24. The monoisotopic (exact) mass is 403 g/mol. The number of rotatable bonds is 8. The van der Waals surface area contributed by atoms with E-state index < -0.39 is 11.9 Å². The van der Waals surface area contributed by atoms with Crippen molar-refractivity contribution in [2.45, 2.75) is 25.7 Å². The van der Waals surface area contributed by atoms with Crippen LogP contribution < -0.4 is 10.1 Å². The van der Waals surface area contributed by atoms with Gasteiger partial charge in [0.15, 0.2) is 6.61 Å². The van der Waals surface area contributed by atoms with Crippen LogP contribution in [0.25, 0.3) is 0 Å². The van der Waals surface area contributed by atoms with Gasteiger partial charge in [0.1, 0.15) is 10.8 Å². The van der Waals surface area contributed by atoms with E-state index in [9.17, 15) is 14.4 Å². The van der Waals surface area contributed by atoms with Crippen LogP contribution in [-0.2, 0) is 14.3 Å². The number of ether oxygens (including phenoxy) is 3. The number of carbonyl (C=O) groups excluding carboxylic acids is 3. The van der Waals surface area contributed by atoms with Crippen molar-refractivity contribution >= 4 is 34.2 Å². The Balaban J connectivity index is 1.76. The summed E-state index contributed by atoms with van der Waals surface area (Å²) in [5, 5.41) is 5.19. The second kappa shape index (κ2) is 8.88. The third-order valence-electron chi connectivity index (χ3n) is 4.22. The molecule has 1 aromatic heterocycles. The number of benzene rings is 1. The Labute approximate surface area is 166 Å². The molecule has 0 atom stereocenters. The average Bonchev–Trinajstić information content (AvgIpc) is 3.46. The molecule has 0 aliphatic heterocycles. The van der Waals surface area contributed by atoms with E-state index in [1.165, 1.54) is 24.5 Å². The van der Waals surface area contributed by atoms with Crippen molar-refractivity contribution in [2.75, 3.05) is 25.6 Å². The molecule has 148 valence electrons. The molecule has 0 unspecified atom stereocenters. The molecule has 1 amide bonds. The summed E-state index contributed by atoms with van der Waals surface area (Å²) in [6.07, 6.45) is 2.08. The van der Waals surface area contributed by atoms with Gasteiger partial charge in [-0.2, -0.15) is 0 Å². The Morgan fingerprint density at radius 1 is 1.25 bits per heavy atom. The van der Waals surface area contributed by atoms with Crippen LogP contribution in [0.4, 0.5) is 5.00 Å². The number of methoxy groups -OCH3 is 1. The first-order valence-corrected chi connectivity index (χ1v) is 9.81. The molecule has 3 rings (SSSR count). The van der Waals surface area contributed by atoms with Gasteiger partial charge < -0.3 is 19.5 Å². The molecule has 1 heterocycles. The van der Waals surface area contributed by atoms with E-state index >= 15 is 0 Å². The molecule has 8 heteroatoms. The van der Waals surface area contributed by atoms with Crippen molar-refractivity contribution in [3.8, 4) is 5.75 Å². The highest BCUT2D eigenvalue weighted by molar-refractivity contribution is 7.15. The van der Waals surface area contributed by atoms with Crippen molar-refractivity contribution in [1.82, 2.24) is 0 Å². The van der Waals surface area contributed by atoms with Gasteiger partial charge in [-0.05, 0) is 54.8 Å². The first kappa shape index (κ1) is 19.9. The van der Waals surface area contributed by atoms with E-state index in [0.717, 1.165) is 18.4 Å². The molecule has 7 nitrogen and oxygen atoms in total. The van der Waals surface area contributed by atoms with Crippen LogP contribution in [0.2, 0.25) is 0 Å². The normalized spacial score (nSPS) is 12.9. The van der Waals surface area contributed by atoms with Crippen molar-refractivity contribution in [1.29, 1.82) is 0 Å². The van der Waals surface area contributed by atoms with Crippen molar-refractivity contribution in [3.63, 3.8) is 0 Å². The summed E-state index contributed by atoms with van der Waals surface area (Å²) in [4.78, 5) is 36.3. The van der Waals surface area contributed by atoms with Gasteiger partial charge in [0, 0.05) is 5.56 Å². The molecule has 0 bridgehead atoms. The molecule has 1 fully saturated rings. The predicted octanol–water partition coefficient (Wildman–Crippen LogP) is 3.61. The highest BCUT2D eigenvalue weighted by Crippen LogP contribution is 2.46. The first-order chi connectivity index (χ1) is 13.5. The van der Waals surface area contributed by atoms with Crippen LogP contribution in [0.1, 0.15) is 52.0 Å². The Hall–Kier alpha value is -2.87. The van der Waals surface area contributed by atoms with E-state index in [1.54, 1.807) is 25.1 Å². The molecular formula is C20H21NO6S. The van der Waals surface area contributed by atoms with E-state index in [-0.39, 0.29) is 19.1 Å². The van der Waals surface area contributed by atoms with Gasteiger partial charge in [0.25, 0.3) is 5.91 Å². The fraction of sp³-hybridized carbons (Fsp3) is 0.350. The van der Waals surface area contributed by atoms with Gasteiger partial charge in [0.2, 0.25) is 0 Å². The van der Waals surface area contributed by atoms with Gasteiger partial charge in [-0.25, -0.2) is 9.59 Å². The van der Waals surface area contributed by atoms with Gasteiger partial charge in [-0.3, -0.25) is 4.79 Å². The van der Waals surface area contributed by atoms with Gasteiger partial charge >= 0.3 is 11.9 Å². The molecule has 1 saturated carbocycles. The number of esters is 2. The van der Waals surface area contributed by atoms with Crippen LogP contribution in [0.15, 0.2) is 29.6 Å². The van der Waals surface area contributed by atoms with E-state index in [0.29, 0.717) is 27.8 Å². The van der Waals surface area contributed by atoms with Crippen LogP contribution in [0, 0.1) is 0 Å². The van der Waals surface area contributed by atoms with Crippen molar-refractivity contribution in [2.24, 2.45) is 0 Å². The predicted molar refractivity (Wildman–Crippen MR) is 104 cm³/mol. The van der Waals surface area contributed by atoms with Gasteiger partial charge in [-0.1, -0.05) is 6.07 Å². The molecule has 1 aliphatic rings. The number of anilines is 1. The molecule has 0 saturated heterocycles. The maximum absolute atomic E-state index is 12.7. The topological polar surface area (TPSA) is 90.9 Å². The van der Waals surface area contributed by atoms with E-state index in [2.05, 4.69) is 10.1 Å².